The predicted molar refractivity (Wildman–Crippen MR) is 108 cm³/mol. The molecule has 154 valence electrons. The number of methoxy groups -OCH3 is 2. The fourth-order valence-corrected chi connectivity index (χ4v) is 2.70. The molecule has 0 radical (unpaired) electrons. The van der Waals surface area contributed by atoms with Gasteiger partial charge in [-0.25, -0.2) is 0 Å². The molecule has 0 spiro atoms. The third-order valence-electron chi connectivity index (χ3n) is 4.36. The Bertz CT molecular complexity index is 898. The van der Waals surface area contributed by atoms with Crippen LogP contribution in [0.15, 0.2) is 36.4 Å². The van der Waals surface area contributed by atoms with Gasteiger partial charge in [0, 0.05) is 36.5 Å². The number of carbonyl (C=O) groups is 1. The second-order valence-electron chi connectivity index (χ2n) is 6.57. The summed E-state index contributed by atoms with van der Waals surface area (Å²) in [4.78, 5) is 23.5. The number of hydrogen-bond donors (Lipinski definition) is 2. The van der Waals surface area contributed by atoms with Crippen LogP contribution in [0, 0.1) is 10.1 Å². The molecular formula is C20H23N3O6. The van der Waals surface area contributed by atoms with Crippen molar-refractivity contribution in [3.63, 3.8) is 0 Å². The first-order chi connectivity index (χ1) is 14.0. The first kappa shape index (κ1) is 20.4. The van der Waals surface area contributed by atoms with Gasteiger partial charge in [-0.2, -0.15) is 0 Å². The molecule has 9 heteroatoms. The highest BCUT2D eigenvalue weighted by Gasteiger charge is 2.25. The van der Waals surface area contributed by atoms with Gasteiger partial charge in [0.2, 0.25) is 0 Å². The molecule has 0 aromatic heterocycles. The van der Waals surface area contributed by atoms with Crippen LogP contribution < -0.4 is 20.1 Å². The number of rotatable bonds is 10. The minimum Gasteiger partial charge on any atom is -0.493 e. The summed E-state index contributed by atoms with van der Waals surface area (Å²) in [5.74, 6) is 0.515. The summed E-state index contributed by atoms with van der Waals surface area (Å²) in [6.07, 6.45) is 1.98. The molecule has 0 heterocycles. The van der Waals surface area contributed by atoms with Crippen LogP contribution in [0.1, 0.15) is 23.2 Å². The summed E-state index contributed by atoms with van der Waals surface area (Å²) < 4.78 is 15.8. The third kappa shape index (κ3) is 5.35. The van der Waals surface area contributed by atoms with Crippen molar-refractivity contribution in [3.8, 4) is 11.5 Å². The summed E-state index contributed by atoms with van der Waals surface area (Å²) in [7, 11) is 3.09. The Hall–Kier alpha value is -3.33. The zero-order chi connectivity index (χ0) is 20.8. The topological polar surface area (TPSA) is 112 Å². The molecule has 0 saturated heterocycles. The van der Waals surface area contributed by atoms with Crippen LogP contribution in [0.5, 0.6) is 11.5 Å². The van der Waals surface area contributed by atoms with Crippen molar-refractivity contribution in [1.82, 2.24) is 0 Å². The molecule has 0 unspecified atom stereocenters. The third-order valence-corrected chi connectivity index (χ3v) is 4.36. The van der Waals surface area contributed by atoms with Gasteiger partial charge in [-0.15, -0.1) is 0 Å². The van der Waals surface area contributed by atoms with Gasteiger partial charge >= 0.3 is 0 Å². The summed E-state index contributed by atoms with van der Waals surface area (Å²) in [5.41, 5.74) is 0.969. The Morgan fingerprint density at radius 1 is 1.14 bits per heavy atom. The van der Waals surface area contributed by atoms with Crippen LogP contribution in [0.3, 0.4) is 0 Å². The molecule has 29 heavy (non-hydrogen) atoms. The van der Waals surface area contributed by atoms with Gasteiger partial charge < -0.3 is 24.8 Å². The van der Waals surface area contributed by atoms with Gasteiger partial charge in [0.15, 0.2) is 11.5 Å². The van der Waals surface area contributed by atoms with E-state index < -0.39 is 10.8 Å². The molecule has 0 bridgehead atoms. The summed E-state index contributed by atoms with van der Waals surface area (Å²) >= 11 is 0. The van der Waals surface area contributed by atoms with Gasteiger partial charge in [0.1, 0.15) is 12.3 Å². The maximum Gasteiger partial charge on any atom is 0.293 e. The Balaban J connectivity index is 1.76. The number of ether oxygens (including phenoxy) is 3. The van der Waals surface area contributed by atoms with E-state index in [0.717, 1.165) is 12.8 Å². The number of hydrogen-bond acceptors (Lipinski definition) is 7. The number of nitro benzene ring substituents is 1. The van der Waals surface area contributed by atoms with Crippen LogP contribution >= 0.6 is 0 Å². The summed E-state index contributed by atoms with van der Waals surface area (Å²) in [6.45, 7) is 0.733. The zero-order valence-corrected chi connectivity index (χ0v) is 16.3. The van der Waals surface area contributed by atoms with E-state index in [2.05, 4.69) is 10.6 Å². The first-order valence-electron chi connectivity index (χ1n) is 9.18. The second-order valence-corrected chi connectivity index (χ2v) is 6.57. The normalized spacial score (nSPS) is 12.9. The van der Waals surface area contributed by atoms with Gasteiger partial charge in [-0.05, 0) is 37.1 Å². The fraction of sp³-hybridized carbons (Fsp3) is 0.350. The van der Waals surface area contributed by atoms with Gasteiger partial charge in [-0.3, -0.25) is 14.9 Å². The molecule has 2 aromatic carbocycles. The quantitative estimate of drug-likeness (QED) is 0.356. The number of carbonyl (C=O) groups excluding carboxylic acids is 1. The molecule has 2 N–H and O–H groups in total. The molecule has 1 aliphatic rings. The number of benzene rings is 2. The Labute approximate surface area is 168 Å². The molecule has 0 atom stereocenters. The van der Waals surface area contributed by atoms with Crippen LogP contribution in [0.2, 0.25) is 0 Å². The van der Waals surface area contributed by atoms with Gasteiger partial charge in [-0.1, -0.05) is 0 Å². The number of nitro groups is 1. The standard InChI is InChI=1S/C20H23N3O6/c1-27-9-10-29-19-12-15(6-8-18(19)28-2)22-20(24)13-3-7-16(21-14-4-5-14)17(11-13)23(25)26/h3,6-8,11-12,14,21H,4-5,9-10H2,1-2H3,(H,22,24). The molecule has 2 aromatic rings. The van der Waals surface area contributed by atoms with Crippen molar-refractivity contribution in [2.75, 3.05) is 38.1 Å². The number of anilines is 2. The Morgan fingerprint density at radius 3 is 2.59 bits per heavy atom. The van der Waals surface area contributed by atoms with Crippen LogP contribution in [0.25, 0.3) is 0 Å². The highest BCUT2D eigenvalue weighted by atomic mass is 16.6. The fourth-order valence-electron chi connectivity index (χ4n) is 2.70. The van der Waals surface area contributed by atoms with E-state index in [9.17, 15) is 14.9 Å². The monoisotopic (exact) mass is 401 g/mol. The van der Waals surface area contributed by atoms with Gasteiger partial charge in [0.25, 0.3) is 11.6 Å². The van der Waals surface area contributed by atoms with Crippen molar-refractivity contribution in [2.24, 2.45) is 0 Å². The zero-order valence-electron chi connectivity index (χ0n) is 16.3. The first-order valence-corrected chi connectivity index (χ1v) is 9.18. The SMILES string of the molecule is COCCOc1cc(NC(=O)c2ccc(NC3CC3)c([N+](=O)[O-])c2)ccc1OC. The predicted octanol–water partition coefficient (Wildman–Crippen LogP) is 3.46. The van der Waals surface area contributed by atoms with Crippen LogP contribution in [-0.4, -0.2) is 44.3 Å². The second kappa shape index (κ2) is 9.24. The molecule has 3 rings (SSSR count). The number of nitrogens with zero attached hydrogens (tertiary/aromatic N) is 1. The average Bonchev–Trinajstić information content (AvgIpc) is 3.52. The molecular weight excluding hydrogens is 378 g/mol. The summed E-state index contributed by atoms with van der Waals surface area (Å²) in [6, 6.07) is 9.64. The Morgan fingerprint density at radius 2 is 1.93 bits per heavy atom. The van der Waals surface area contributed by atoms with E-state index >= 15 is 0 Å². The lowest BCUT2D eigenvalue weighted by Gasteiger charge is -2.13. The smallest absolute Gasteiger partial charge is 0.293 e. The lowest BCUT2D eigenvalue weighted by Crippen LogP contribution is -2.13. The van der Waals surface area contributed by atoms with Gasteiger partial charge in [0.05, 0.1) is 18.6 Å². The van der Waals surface area contributed by atoms with E-state index in [1.807, 2.05) is 0 Å². The molecule has 0 aliphatic heterocycles. The Kier molecular flexibility index (Phi) is 6.50. The van der Waals surface area contributed by atoms with E-state index in [0.29, 0.717) is 36.1 Å². The minimum atomic E-state index is -0.489. The minimum absolute atomic E-state index is 0.122. The molecule has 9 nitrogen and oxygen atoms in total. The summed E-state index contributed by atoms with van der Waals surface area (Å²) in [5, 5.41) is 17.2. The highest BCUT2D eigenvalue weighted by molar-refractivity contribution is 6.05. The number of nitrogens with one attached hydrogen (secondary N) is 2. The van der Waals surface area contributed by atoms with Crippen LogP contribution in [0.4, 0.5) is 17.1 Å². The van der Waals surface area contributed by atoms with Crippen molar-refractivity contribution in [2.45, 2.75) is 18.9 Å². The van der Waals surface area contributed by atoms with E-state index in [-0.39, 0.29) is 17.3 Å². The lowest BCUT2D eigenvalue weighted by atomic mass is 10.1. The number of amides is 1. The van der Waals surface area contributed by atoms with E-state index in [1.165, 1.54) is 13.2 Å². The van der Waals surface area contributed by atoms with E-state index in [4.69, 9.17) is 14.2 Å². The van der Waals surface area contributed by atoms with Crippen molar-refractivity contribution in [3.05, 3.63) is 52.1 Å². The largest absolute Gasteiger partial charge is 0.493 e. The molecule has 1 amide bonds. The van der Waals surface area contributed by atoms with Crippen molar-refractivity contribution in [1.29, 1.82) is 0 Å². The van der Waals surface area contributed by atoms with Crippen LogP contribution in [-0.2, 0) is 4.74 Å². The molecule has 1 aliphatic carbocycles. The maximum atomic E-state index is 12.6. The lowest BCUT2D eigenvalue weighted by molar-refractivity contribution is -0.384. The average molecular weight is 401 g/mol. The highest BCUT2D eigenvalue weighted by Crippen LogP contribution is 2.33. The maximum absolute atomic E-state index is 12.6. The van der Waals surface area contributed by atoms with Crippen molar-refractivity contribution < 1.29 is 23.9 Å². The van der Waals surface area contributed by atoms with E-state index in [1.54, 1.807) is 37.4 Å². The molecule has 1 fully saturated rings. The molecule has 1 saturated carbocycles. The van der Waals surface area contributed by atoms with Crippen molar-refractivity contribution >= 4 is 23.0 Å².